The number of aliphatic hydroxyl groups is 1. The standard InChI is InChI=1S/C10H18N2OS/c11-4-9-14-8-1-5-12-6-2-10(13)3-7-12/h10,13H,1-3,5-9H2. The lowest BCUT2D eigenvalue weighted by Gasteiger charge is -2.29. The Morgan fingerprint density at radius 2 is 2.14 bits per heavy atom. The average molecular weight is 214 g/mol. The maximum atomic E-state index is 9.30. The lowest BCUT2D eigenvalue weighted by Crippen LogP contribution is -2.36. The molecule has 0 aromatic heterocycles. The van der Waals surface area contributed by atoms with E-state index in [4.69, 9.17) is 5.26 Å². The maximum absolute atomic E-state index is 9.30. The Bertz CT molecular complexity index is 185. The minimum Gasteiger partial charge on any atom is -0.393 e. The summed E-state index contributed by atoms with van der Waals surface area (Å²) in [5.74, 6) is 1.69. The maximum Gasteiger partial charge on any atom is 0.0808 e. The van der Waals surface area contributed by atoms with Crippen LogP contribution >= 0.6 is 11.8 Å². The minimum atomic E-state index is -0.0702. The Labute approximate surface area is 90.1 Å². The largest absolute Gasteiger partial charge is 0.393 e. The number of rotatable bonds is 5. The van der Waals surface area contributed by atoms with Gasteiger partial charge in [0, 0.05) is 13.1 Å². The van der Waals surface area contributed by atoms with Crippen LogP contribution in [0.4, 0.5) is 0 Å². The topological polar surface area (TPSA) is 47.3 Å². The SMILES string of the molecule is N#CCSCCCN1CCC(O)CC1. The van der Waals surface area contributed by atoms with Crippen molar-refractivity contribution in [2.45, 2.75) is 25.4 Å². The molecule has 1 fully saturated rings. The molecule has 1 aliphatic heterocycles. The van der Waals surface area contributed by atoms with Crippen LogP contribution in [0.15, 0.2) is 0 Å². The number of thioether (sulfide) groups is 1. The minimum absolute atomic E-state index is 0.0702. The molecule has 14 heavy (non-hydrogen) atoms. The molecule has 0 bridgehead atoms. The summed E-state index contributed by atoms with van der Waals surface area (Å²) >= 11 is 1.71. The van der Waals surface area contributed by atoms with E-state index in [-0.39, 0.29) is 6.10 Å². The number of piperidine rings is 1. The molecule has 80 valence electrons. The lowest BCUT2D eigenvalue weighted by molar-refractivity contribution is 0.0828. The molecule has 1 N–H and O–H groups in total. The van der Waals surface area contributed by atoms with E-state index in [2.05, 4.69) is 11.0 Å². The second-order valence-electron chi connectivity index (χ2n) is 3.64. The summed E-state index contributed by atoms with van der Waals surface area (Å²) in [5.41, 5.74) is 0. The van der Waals surface area contributed by atoms with Crippen LogP contribution < -0.4 is 0 Å². The summed E-state index contributed by atoms with van der Waals surface area (Å²) in [6.07, 6.45) is 2.93. The number of hydrogen-bond acceptors (Lipinski definition) is 4. The number of aliphatic hydroxyl groups excluding tert-OH is 1. The molecule has 1 heterocycles. The quantitative estimate of drug-likeness (QED) is 0.696. The van der Waals surface area contributed by atoms with Gasteiger partial charge in [-0.1, -0.05) is 0 Å². The van der Waals surface area contributed by atoms with Crippen LogP contribution in [0.25, 0.3) is 0 Å². The second kappa shape index (κ2) is 7.10. The first kappa shape index (κ1) is 11.8. The monoisotopic (exact) mass is 214 g/mol. The smallest absolute Gasteiger partial charge is 0.0808 e. The van der Waals surface area contributed by atoms with Gasteiger partial charge in [0.1, 0.15) is 0 Å². The predicted molar refractivity (Wildman–Crippen MR) is 59.2 cm³/mol. The molecule has 0 radical (unpaired) electrons. The fourth-order valence-corrected chi connectivity index (χ4v) is 2.22. The first-order valence-corrected chi connectivity index (χ1v) is 6.33. The van der Waals surface area contributed by atoms with Crippen molar-refractivity contribution in [3.63, 3.8) is 0 Å². The summed E-state index contributed by atoms with van der Waals surface area (Å²) < 4.78 is 0. The Hall–Kier alpha value is -0.240. The molecule has 0 aromatic rings. The van der Waals surface area contributed by atoms with Gasteiger partial charge in [-0.2, -0.15) is 5.26 Å². The van der Waals surface area contributed by atoms with Gasteiger partial charge >= 0.3 is 0 Å². The van der Waals surface area contributed by atoms with Gasteiger partial charge in [0.15, 0.2) is 0 Å². The van der Waals surface area contributed by atoms with Crippen molar-refractivity contribution in [2.75, 3.05) is 31.1 Å². The zero-order valence-corrected chi connectivity index (χ0v) is 9.30. The van der Waals surface area contributed by atoms with Gasteiger partial charge in [-0.3, -0.25) is 0 Å². The summed E-state index contributed by atoms with van der Waals surface area (Å²) in [6.45, 7) is 3.18. The third kappa shape index (κ3) is 4.85. The molecule has 1 aliphatic rings. The van der Waals surface area contributed by atoms with E-state index >= 15 is 0 Å². The summed E-state index contributed by atoms with van der Waals surface area (Å²) in [4.78, 5) is 2.40. The van der Waals surface area contributed by atoms with Crippen LogP contribution in [0.1, 0.15) is 19.3 Å². The van der Waals surface area contributed by atoms with E-state index in [1.54, 1.807) is 11.8 Å². The number of likely N-dealkylation sites (tertiary alicyclic amines) is 1. The Balaban J connectivity index is 1.94. The first-order valence-electron chi connectivity index (χ1n) is 5.18. The van der Waals surface area contributed by atoms with Gasteiger partial charge in [0.05, 0.1) is 17.9 Å². The molecule has 3 nitrogen and oxygen atoms in total. The summed E-state index contributed by atoms with van der Waals surface area (Å²) in [5, 5.41) is 17.6. The van der Waals surface area contributed by atoms with E-state index in [9.17, 15) is 5.11 Å². The van der Waals surface area contributed by atoms with E-state index in [0.29, 0.717) is 5.75 Å². The van der Waals surface area contributed by atoms with Gasteiger partial charge in [-0.05, 0) is 31.6 Å². The van der Waals surface area contributed by atoms with Crippen molar-refractivity contribution < 1.29 is 5.11 Å². The highest BCUT2D eigenvalue weighted by molar-refractivity contribution is 7.99. The van der Waals surface area contributed by atoms with E-state index < -0.39 is 0 Å². The van der Waals surface area contributed by atoms with Crippen LogP contribution in [0.3, 0.4) is 0 Å². The highest BCUT2D eigenvalue weighted by atomic mass is 32.2. The third-order valence-electron chi connectivity index (χ3n) is 2.49. The zero-order chi connectivity index (χ0) is 10.2. The molecule has 1 rings (SSSR count). The Morgan fingerprint density at radius 3 is 2.79 bits per heavy atom. The highest BCUT2D eigenvalue weighted by Gasteiger charge is 2.15. The first-order chi connectivity index (χ1) is 6.83. The normalized spacial score (nSPS) is 19.4. The molecule has 0 spiro atoms. The van der Waals surface area contributed by atoms with Crippen molar-refractivity contribution in [1.29, 1.82) is 5.26 Å². The van der Waals surface area contributed by atoms with E-state index in [0.717, 1.165) is 44.6 Å². The van der Waals surface area contributed by atoms with Crippen molar-refractivity contribution in [2.24, 2.45) is 0 Å². The fraction of sp³-hybridized carbons (Fsp3) is 0.900. The summed E-state index contributed by atoms with van der Waals surface area (Å²) in [7, 11) is 0. The number of hydrogen-bond donors (Lipinski definition) is 1. The van der Waals surface area contributed by atoms with Crippen LogP contribution in [0, 0.1) is 11.3 Å². The van der Waals surface area contributed by atoms with Gasteiger partial charge in [0.2, 0.25) is 0 Å². The van der Waals surface area contributed by atoms with Gasteiger partial charge < -0.3 is 10.0 Å². The number of nitriles is 1. The molecule has 4 heteroatoms. The fourth-order valence-electron chi connectivity index (χ4n) is 1.65. The average Bonchev–Trinajstić information content (AvgIpc) is 2.21. The van der Waals surface area contributed by atoms with Crippen LogP contribution in [0.5, 0.6) is 0 Å². The van der Waals surface area contributed by atoms with Crippen LogP contribution in [0.2, 0.25) is 0 Å². The zero-order valence-electron chi connectivity index (χ0n) is 8.48. The van der Waals surface area contributed by atoms with Crippen LogP contribution in [-0.2, 0) is 0 Å². The third-order valence-corrected chi connectivity index (χ3v) is 3.40. The molecular formula is C10H18N2OS. The van der Waals surface area contributed by atoms with Crippen molar-refractivity contribution in [1.82, 2.24) is 4.90 Å². The highest BCUT2D eigenvalue weighted by Crippen LogP contribution is 2.11. The molecule has 0 amide bonds. The van der Waals surface area contributed by atoms with Crippen LogP contribution in [-0.4, -0.2) is 47.3 Å². The van der Waals surface area contributed by atoms with E-state index in [1.807, 2.05) is 0 Å². The molecular weight excluding hydrogens is 196 g/mol. The van der Waals surface area contributed by atoms with Gasteiger partial charge in [-0.25, -0.2) is 0 Å². The predicted octanol–water partition coefficient (Wildman–Crippen LogP) is 1.09. The Morgan fingerprint density at radius 1 is 1.43 bits per heavy atom. The van der Waals surface area contributed by atoms with Gasteiger partial charge in [0.25, 0.3) is 0 Å². The summed E-state index contributed by atoms with van der Waals surface area (Å²) in [6, 6.07) is 2.13. The molecule has 1 saturated heterocycles. The lowest BCUT2D eigenvalue weighted by atomic mass is 10.1. The molecule has 0 atom stereocenters. The van der Waals surface area contributed by atoms with Crippen molar-refractivity contribution in [3.05, 3.63) is 0 Å². The van der Waals surface area contributed by atoms with Gasteiger partial charge in [-0.15, -0.1) is 11.8 Å². The van der Waals surface area contributed by atoms with Crippen molar-refractivity contribution >= 4 is 11.8 Å². The number of nitrogens with zero attached hydrogens (tertiary/aromatic N) is 2. The molecule has 0 aliphatic carbocycles. The molecule has 0 saturated carbocycles. The Kier molecular flexibility index (Phi) is 6.00. The van der Waals surface area contributed by atoms with Crippen molar-refractivity contribution in [3.8, 4) is 6.07 Å². The second-order valence-corrected chi connectivity index (χ2v) is 4.74. The molecule has 0 aromatic carbocycles. The molecule has 0 unspecified atom stereocenters. The van der Waals surface area contributed by atoms with E-state index in [1.165, 1.54) is 0 Å².